The van der Waals surface area contributed by atoms with Crippen molar-refractivity contribution in [2.45, 2.75) is 42.6 Å². The number of anilines is 2. The third-order valence-corrected chi connectivity index (χ3v) is 6.36. The smallest absolute Gasteiger partial charge is 0.378 e. The van der Waals surface area contributed by atoms with Crippen LogP contribution in [0.1, 0.15) is 24.1 Å². The first-order valence-electron chi connectivity index (χ1n) is 9.98. The molecule has 0 bridgehead atoms. The van der Waals surface area contributed by atoms with Crippen LogP contribution >= 0.6 is 11.6 Å². The quantitative estimate of drug-likeness (QED) is 0.414. The van der Waals surface area contributed by atoms with Crippen LogP contribution in [0.15, 0.2) is 35.2 Å². The normalized spacial score (nSPS) is 15.4. The fraction of sp³-hybridized carbons (Fsp3) is 0.350. The zero-order valence-electron chi connectivity index (χ0n) is 17.8. The maximum Gasteiger partial charge on any atom is 0.411 e. The number of nitrogens with zero attached hydrogens (tertiary/aromatic N) is 3. The van der Waals surface area contributed by atoms with E-state index in [-0.39, 0.29) is 53.2 Å². The Hall–Kier alpha value is -2.74. The molecule has 0 saturated heterocycles. The molecular formula is C20H20ClF3N6O3S. The molecule has 4 rings (SSSR count). The summed E-state index contributed by atoms with van der Waals surface area (Å²) in [6.45, 7) is 0.203. The topological polar surface area (TPSA) is 132 Å². The number of rotatable bonds is 8. The van der Waals surface area contributed by atoms with Gasteiger partial charge in [0.1, 0.15) is 11.1 Å². The molecule has 4 N–H and O–H groups in total. The molecule has 2 aromatic heterocycles. The number of nitrogens with one attached hydrogen (secondary N) is 2. The lowest BCUT2D eigenvalue weighted by Crippen LogP contribution is -2.39. The molecule has 1 aliphatic carbocycles. The second kappa shape index (κ2) is 8.80. The summed E-state index contributed by atoms with van der Waals surface area (Å²) in [6.07, 6.45) is -4.63. The first-order valence-corrected chi connectivity index (χ1v) is 11.9. The number of ether oxygens (including phenoxy) is 1. The monoisotopic (exact) mass is 516 g/mol. The summed E-state index contributed by atoms with van der Waals surface area (Å²) in [5.74, 6) is -0.0528. The van der Waals surface area contributed by atoms with Gasteiger partial charge >= 0.3 is 6.18 Å². The molecule has 1 fully saturated rings. The molecule has 0 unspecified atom stereocenters. The van der Waals surface area contributed by atoms with Gasteiger partial charge in [0.25, 0.3) is 0 Å². The molecular weight excluding hydrogens is 497 g/mol. The van der Waals surface area contributed by atoms with Gasteiger partial charge in [-0.05, 0) is 48.7 Å². The van der Waals surface area contributed by atoms with Crippen molar-refractivity contribution >= 4 is 44.4 Å². The number of benzene rings is 1. The van der Waals surface area contributed by atoms with Gasteiger partial charge < -0.3 is 15.4 Å². The lowest BCUT2D eigenvalue weighted by atomic mass is 10.2. The molecule has 0 radical (unpaired) electrons. The highest BCUT2D eigenvalue weighted by Gasteiger charge is 2.64. The Morgan fingerprint density at radius 2 is 1.91 bits per heavy atom. The maximum absolute atomic E-state index is 13.6. The third-order valence-electron chi connectivity index (χ3n) is 5.25. The number of methoxy groups -OCH3 is 1. The van der Waals surface area contributed by atoms with Crippen molar-refractivity contribution < 1.29 is 26.3 Å². The van der Waals surface area contributed by atoms with E-state index in [2.05, 4.69) is 25.6 Å². The lowest BCUT2D eigenvalue weighted by Gasteiger charge is -2.22. The van der Waals surface area contributed by atoms with Crippen molar-refractivity contribution in [2.75, 3.05) is 17.7 Å². The van der Waals surface area contributed by atoms with E-state index in [1.54, 1.807) is 12.1 Å². The summed E-state index contributed by atoms with van der Waals surface area (Å²) in [4.78, 5) is 12.8. The molecule has 0 atom stereocenters. The van der Waals surface area contributed by atoms with Gasteiger partial charge in [0.05, 0.1) is 22.7 Å². The summed E-state index contributed by atoms with van der Waals surface area (Å²) in [5, 5.41) is 10.7. The van der Waals surface area contributed by atoms with Crippen molar-refractivity contribution in [2.24, 2.45) is 5.14 Å². The number of primary sulfonamides is 1. The molecule has 1 aliphatic rings. The number of hydrogen-bond acceptors (Lipinski definition) is 8. The van der Waals surface area contributed by atoms with E-state index in [1.807, 2.05) is 0 Å². The van der Waals surface area contributed by atoms with Crippen molar-refractivity contribution in [1.82, 2.24) is 15.0 Å². The van der Waals surface area contributed by atoms with Crippen LogP contribution in [-0.2, 0) is 27.9 Å². The first-order chi connectivity index (χ1) is 15.9. The number of nitrogens with two attached hydrogens (primary N) is 1. The van der Waals surface area contributed by atoms with Crippen molar-refractivity contribution in [3.63, 3.8) is 0 Å². The van der Waals surface area contributed by atoms with Crippen LogP contribution in [-0.4, -0.2) is 42.2 Å². The van der Waals surface area contributed by atoms with E-state index in [9.17, 15) is 21.6 Å². The number of alkyl halides is 3. The van der Waals surface area contributed by atoms with Gasteiger partial charge in [-0.25, -0.2) is 23.5 Å². The van der Waals surface area contributed by atoms with E-state index in [4.69, 9.17) is 21.5 Å². The number of sulfonamides is 1. The number of hydrogen-bond donors (Lipinski definition) is 3. The Bertz CT molecular complexity index is 1350. The van der Waals surface area contributed by atoms with E-state index in [1.165, 1.54) is 25.3 Å². The van der Waals surface area contributed by atoms with Gasteiger partial charge in [-0.2, -0.15) is 18.2 Å². The predicted molar refractivity (Wildman–Crippen MR) is 120 cm³/mol. The van der Waals surface area contributed by atoms with Gasteiger partial charge in [0.15, 0.2) is 5.82 Å². The summed E-state index contributed by atoms with van der Waals surface area (Å²) in [7, 11) is -2.50. The van der Waals surface area contributed by atoms with Crippen molar-refractivity contribution in [3.05, 3.63) is 46.6 Å². The fourth-order valence-electron chi connectivity index (χ4n) is 3.35. The van der Waals surface area contributed by atoms with Gasteiger partial charge in [-0.3, -0.25) is 0 Å². The second-order valence-electron chi connectivity index (χ2n) is 7.90. The number of aromatic nitrogens is 3. The summed E-state index contributed by atoms with van der Waals surface area (Å²) >= 11 is 5.99. The first kappa shape index (κ1) is 24.4. The minimum atomic E-state index is -4.47. The third kappa shape index (κ3) is 5.17. The largest absolute Gasteiger partial charge is 0.411 e. The van der Waals surface area contributed by atoms with Gasteiger partial charge in [0.2, 0.25) is 16.0 Å². The number of fused-ring (bicyclic) bond motifs is 1. The molecule has 0 amide bonds. The molecule has 182 valence electrons. The Balaban J connectivity index is 1.69. The average molecular weight is 517 g/mol. The molecule has 9 nitrogen and oxygen atoms in total. The number of pyridine rings is 1. The maximum atomic E-state index is 13.6. The van der Waals surface area contributed by atoms with Crippen LogP contribution in [0.2, 0.25) is 5.02 Å². The number of halogens is 4. The summed E-state index contributed by atoms with van der Waals surface area (Å²) < 4.78 is 69.1. The van der Waals surface area contributed by atoms with Gasteiger partial charge in [-0.1, -0.05) is 11.6 Å². The molecule has 0 aliphatic heterocycles. The Morgan fingerprint density at radius 3 is 2.53 bits per heavy atom. The minimum Gasteiger partial charge on any atom is -0.378 e. The van der Waals surface area contributed by atoms with E-state index >= 15 is 0 Å². The zero-order valence-corrected chi connectivity index (χ0v) is 19.4. The van der Waals surface area contributed by atoms with Crippen LogP contribution < -0.4 is 15.8 Å². The highest BCUT2D eigenvalue weighted by Crippen LogP contribution is 2.51. The average Bonchev–Trinajstić information content (AvgIpc) is 3.53. The van der Waals surface area contributed by atoms with E-state index in [0.717, 1.165) is 0 Å². The SMILES string of the molecule is COCc1ccc2nc(NCc3cc(Cl)cc(S(N)(=O)=O)c3)nc(NC3(C(F)(F)F)CC3)c2n1. The van der Waals surface area contributed by atoms with E-state index < -0.39 is 21.7 Å². The lowest BCUT2D eigenvalue weighted by molar-refractivity contribution is -0.151. The molecule has 1 aromatic carbocycles. The molecule has 14 heteroatoms. The van der Waals surface area contributed by atoms with Gasteiger partial charge in [0, 0.05) is 18.7 Å². The Labute approximate surface area is 197 Å². The standard InChI is InChI=1S/C20H20ClF3N6O3S/c1-33-10-13-2-3-15-16(27-13)17(30-19(4-5-19)20(22,23)24)29-18(28-15)26-9-11-6-12(21)8-14(7-11)34(25,31)32/h2-3,6-8H,4-5,9-10H2,1H3,(H2,25,31,32)(H2,26,28,29,30). The molecule has 2 heterocycles. The highest BCUT2D eigenvalue weighted by molar-refractivity contribution is 7.89. The summed E-state index contributed by atoms with van der Waals surface area (Å²) in [6, 6.07) is 7.32. The molecule has 0 spiro atoms. The fourth-order valence-corrected chi connectivity index (χ4v) is 4.28. The summed E-state index contributed by atoms with van der Waals surface area (Å²) in [5.41, 5.74) is -0.614. The zero-order chi connectivity index (χ0) is 24.7. The Morgan fingerprint density at radius 1 is 1.18 bits per heavy atom. The van der Waals surface area contributed by atoms with Crippen LogP contribution in [0, 0.1) is 0 Å². The Kier molecular flexibility index (Phi) is 6.31. The molecule has 34 heavy (non-hydrogen) atoms. The second-order valence-corrected chi connectivity index (χ2v) is 9.90. The minimum absolute atomic E-state index is 0.0198. The van der Waals surface area contributed by atoms with Crippen molar-refractivity contribution in [3.8, 4) is 0 Å². The van der Waals surface area contributed by atoms with Crippen molar-refractivity contribution in [1.29, 1.82) is 0 Å². The van der Waals surface area contributed by atoms with Gasteiger partial charge in [-0.15, -0.1) is 0 Å². The molecule has 3 aromatic rings. The van der Waals surface area contributed by atoms with Crippen LogP contribution in [0.25, 0.3) is 11.0 Å². The van der Waals surface area contributed by atoms with Crippen LogP contribution in [0.5, 0.6) is 0 Å². The highest BCUT2D eigenvalue weighted by atomic mass is 35.5. The van der Waals surface area contributed by atoms with E-state index in [0.29, 0.717) is 16.8 Å². The molecule has 1 saturated carbocycles. The predicted octanol–water partition coefficient (Wildman–Crippen LogP) is 3.59. The van der Waals surface area contributed by atoms with Crippen LogP contribution in [0.4, 0.5) is 24.9 Å². The van der Waals surface area contributed by atoms with Crippen LogP contribution in [0.3, 0.4) is 0 Å².